The first-order chi connectivity index (χ1) is 15.1. The van der Waals surface area contributed by atoms with Gasteiger partial charge in [0.15, 0.2) is 0 Å². The van der Waals surface area contributed by atoms with E-state index in [0.717, 1.165) is 37.1 Å². The van der Waals surface area contributed by atoms with Crippen molar-refractivity contribution in [3.05, 3.63) is 70.8 Å². The van der Waals surface area contributed by atoms with Crippen LogP contribution in [-0.4, -0.2) is 29.3 Å². The molecule has 2 amide bonds. The third kappa shape index (κ3) is 5.83. The number of benzene rings is 2. The Hall–Kier alpha value is -2.97. The Balaban J connectivity index is 1.57. The highest BCUT2D eigenvalue weighted by atomic mass is 19.4. The summed E-state index contributed by atoms with van der Waals surface area (Å²) < 4.78 is 65.7. The highest BCUT2D eigenvalue weighted by Crippen LogP contribution is 2.37. The van der Waals surface area contributed by atoms with Gasteiger partial charge in [-0.1, -0.05) is 12.1 Å². The van der Waals surface area contributed by atoms with E-state index in [1.54, 1.807) is 17.9 Å². The summed E-state index contributed by atoms with van der Waals surface area (Å²) in [5.41, 5.74) is -0.656. The van der Waals surface area contributed by atoms with Gasteiger partial charge in [0.1, 0.15) is 11.6 Å². The van der Waals surface area contributed by atoms with E-state index in [9.17, 15) is 31.5 Å². The highest BCUT2D eigenvalue weighted by Gasteiger charge is 2.37. The zero-order chi connectivity index (χ0) is 23.5. The molecule has 0 radical (unpaired) electrons. The number of alkyl halides is 3. The average Bonchev–Trinajstić information content (AvgIpc) is 3.55. The Labute approximate surface area is 182 Å². The smallest absolute Gasteiger partial charge is 0.352 e. The van der Waals surface area contributed by atoms with Gasteiger partial charge in [0, 0.05) is 25.1 Å². The number of amides is 2. The van der Waals surface area contributed by atoms with Gasteiger partial charge in [0.05, 0.1) is 17.2 Å². The van der Waals surface area contributed by atoms with E-state index in [1.165, 1.54) is 6.07 Å². The SMILES string of the molecule is CC(c1cccc(C(F)(F)F)c1)N(C(=O)CCCNC(=O)c1ccc(F)cc1F)C1CC1. The lowest BCUT2D eigenvalue weighted by atomic mass is 10.0. The molecule has 1 unspecified atom stereocenters. The van der Waals surface area contributed by atoms with Crippen molar-refractivity contribution in [1.82, 2.24) is 10.2 Å². The summed E-state index contributed by atoms with van der Waals surface area (Å²) >= 11 is 0. The van der Waals surface area contributed by atoms with Crippen LogP contribution in [0, 0.1) is 11.6 Å². The maximum absolute atomic E-state index is 13.7. The number of nitrogens with zero attached hydrogens (tertiary/aromatic N) is 1. The van der Waals surface area contributed by atoms with Crippen LogP contribution in [0.25, 0.3) is 0 Å². The number of hydrogen-bond acceptors (Lipinski definition) is 2. The van der Waals surface area contributed by atoms with Gasteiger partial charge >= 0.3 is 6.18 Å². The van der Waals surface area contributed by atoms with Crippen molar-refractivity contribution < 1.29 is 31.5 Å². The van der Waals surface area contributed by atoms with Gasteiger partial charge < -0.3 is 10.2 Å². The quantitative estimate of drug-likeness (QED) is 0.438. The molecule has 1 aliphatic carbocycles. The minimum Gasteiger partial charge on any atom is -0.352 e. The molecule has 1 atom stereocenters. The summed E-state index contributed by atoms with van der Waals surface area (Å²) in [5.74, 6) is -2.71. The van der Waals surface area contributed by atoms with E-state index in [4.69, 9.17) is 0 Å². The standard InChI is InChI=1S/C23H23F5N2O2/c1-14(15-4-2-5-16(12-15)23(26,27)28)30(18-8-9-18)21(31)6-3-11-29-22(32)19-10-7-17(24)13-20(19)25/h2,4-5,7,10,12-14,18H,3,6,8-9,11H2,1H3,(H,29,32). The van der Waals surface area contributed by atoms with Gasteiger partial charge in [-0.2, -0.15) is 13.2 Å². The van der Waals surface area contributed by atoms with Crippen LogP contribution >= 0.6 is 0 Å². The molecule has 1 aliphatic rings. The molecular formula is C23H23F5N2O2. The number of nitrogens with one attached hydrogen (secondary N) is 1. The molecule has 172 valence electrons. The zero-order valence-corrected chi connectivity index (χ0v) is 17.4. The molecule has 32 heavy (non-hydrogen) atoms. The van der Waals surface area contributed by atoms with E-state index in [0.29, 0.717) is 11.6 Å². The Morgan fingerprint density at radius 3 is 2.47 bits per heavy atom. The fraction of sp³-hybridized carbons (Fsp3) is 0.391. The van der Waals surface area contributed by atoms with Crippen molar-refractivity contribution in [2.24, 2.45) is 0 Å². The molecule has 1 saturated carbocycles. The molecule has 1 N–H and O–H groups in total. The summed E-state index contributed by atoms with van der Waals surface area (Å²) in [6.07, 6.45) is -2.55. The fourth-order valence-electron chi connectivity index (χ4n) is 3.56. The maximum atomic E-state index is 13.7. The van der Waals surface area contributed by atoms with Crippen LogP contribution in [0.2, 0.25) is 0 Å². The zero-order valence-electron chi connectivity index (χ0n) is 17.4. The second-order valence-electron chi connectivity index (χ2n) is 7.82. The van der Waals surface area contributed by atoms with E-state index >= 15 is 0 Å². The van der Waals surface area contributed by atoms with Crippen molar-refractivity contribution in [1.29, 1.82) is 0 Å². The van der Waals surface area contributed by atoms with Crippen LogP contribution in [-0.2, 0) is 11.0 Å². The lowest BCUT2D eigenvalue weighted by Gasteiger charge is -2.30. The minimum atomic E-state index is -4.47. The number of carbonyl (C=O) groups excluding carboxylic acids is 2. The molecule has 2 aromatic carbocycles. The third-order valence-corrected chi connectivity index (χ3v) is 5.37. The first-order valence-electron chi connectivity index (χ1n) is 10.3. The van der Waals surface area contributed by atoms with E-state index in [1.807, 2.05) is 0 Å². The van der Waals surface area contributed by atoms with Crippen molar-refractivity contribution in [2.75, 3.05) is 6.54 Å². The molecule has 0 bridgehead atoms. The Bertz CT molecular complexity index is 989. The minimum absolute atomic E-state index is 0.0186. The highest BCUT2D eigenvalue weighted by molar-refractivity contribution is 5.94. The molecule has 0 aromatic heterocycles. The van der Waals surface area contributed by atoms with Gasteiger partial charge in [0.25, 0.3) is 5.91 Å². The van der Waals surface area contributed by atoms with Crippen LogP contribution in [0.5, 0.6) is 0 Å². The number of halogens is 5. The third-order valence-electron chi connectivity index (χ3n) is 5.37. The Morgan fingerprint density at radius 2 is 1.84 bits per heavy atom. The van der Waals surface area contributed by atoms with E-state index in [-0.39, 0.29) is 36.9 Å². The van der Waals surface area contributed by atoms with Crippen molar-refractivity contribution >= 4 is 11.8 Å². The van der Waals surface area contributed by atoms with Crippen LogP contribution in [0.1, 0.15) is 60.1 Å². The summed E-state index contributed by atoms with van der Waals surface area (Å²) in [4.78, 5) is 26.4. The molecule has 2 aromatic rings. The molecule has 4 nitrogen and oxygen atoms in total. The molecule has 3 rings (SSSR count). The van der Waals surface area contributed by atoms with E-state index in [2.05, 4.69) is 5.32 Å². The van der Waals surface area contributed by atoms with Crippen molar-refractivity contribution in [3.63, 3.8) is 0 Å². The number of carbonyl (C=O) groups is 2. The molecule has 0 saturated heterocycles. The average molecular weight is 454 g/mol. The Morgan fingerprint density at radius 1 is 1.12 bits per heavy atom. The number of rotatable bonds is 8. The fourth-order valence-corrected chi connectivity index (χ4v) is 3.56. The van der Waals surface area contributed by atoms with Crippen LogP contribution in [0.3, 0.4) is 0 Å². The van der Waals surface area contributed by atoms with Gasteiger partial charge in [-0.15, -0.1) is 0 Å². The van der Waals surface area contributed by atoms with Crippen molar-refractivity contribution in [2.45, 2.75) is 50.9 Å². The molecule has 1 fully saturated rings. The molecule has 0 spiro atoms. The van der Waals surface area contributed by atoms with Gasteiger partial charge in [0.2, 0.25) is 5.91 Å². The van der Waals surface area contributed by atoms with Crippen LogP contribution < -0.4 is 5.32 Å². The van der Waals surface area contributed by atoms with Crippen LogP contribution in [0.15, 0.2) is 42.5 Å². The Kier molecular flexibility index (Phi) is 7.16. The van der Waals surface area contributed by atoms with Crippen LogP contribution in [0.4, 0.5) is 22.0 Å². The predicted octanol–water partition coefficient (Wildman–Crippen LogP) is 5.25. The lowest BCUT2D eigenvalue weighted by Crippen LogP contribution is -2.36. The first kappa shape index (κ1) is 23.7. The van der Waals surface area contributed by atoms with E-state index < -0.39 is 35.3 Å². The maximum Gasteiger partial charge on any atom is 0.416 e. The first-order valence-corrected chi connectivity index (χ1v) is 10.3. The molecular weight excluding hydrogens is 431 g/mol. The largest absolute Gasteiger partial charge is 0.416 e. The number of hydrogen-bond donors (Lipinski definition) is 1. The second kappa shape index (κ2) is 9.67. The van der Waals surface area contributed by atoms with Gasteiger partial charge in [-0.05, 0) is 56.0 Å². The van der Waals surface area contributed by atoms with Crippen molar-refractivity contribution in [3.8, 4) is 0 Å². The van der Waals surface area contributed by atoms with Gasteiger partial charge in [-0.3, -0.25) is 9.59 Å². The summed E-state index contributed by atoms with van der Waals surface area (Å²) in [6.45, 7) is 1.79. The molecule has 9 heteroatoms. The molecule has 0 heterocycles. The lowest BCUT2D eigenvalue weighted by molar-refractivity contribution is -0.137. The summed E-state index contributed by atoms with van der Waals surface area (Å²) in [7, 11) is 0. The monoisotopic (exact) mass is 454 g/mol. The molecule has 0 aliphatic heterocycles. The normalized spacial score (nSPS) is 14.7. The van der Waals surface area contributed by atoms with Gasteiger partial charge in [-0.25, -0.2) is 8.78 Å². The summed E-state index contributed by atoms with van der Waals surface area (Å²) in [5, 5.41) is 2.49. The summed E-state index contributed by atoms with van der Waals surface area (Å²) in [6, 6.07) is 7.03. The predicted molar refractivity (Wildman–Crippen MR) is 108 cm³/mol. The second-order valence-corrected chi connectivity index (χ2v) is 7.82. The topological polar surface area (TPSA) is 49.4 Å².